The molecular formula is C20H23N3O4. The molecule has 3 N–H and O–H groups in total. The van der Waals surface area contributed by atoms with Crippen LogP contribution >= 0.6 is 0 Å². The van der Waals surface area contributed by atoms with E-state index in [1.165, 1.54) is 0 Å². The molecule has 1 saturated heterocycles. The number of nitrogens with one attached hydrogen (secondary N) is 3. The molecule has 1 aliphatic rings. The molecule has 2 aromatic carbocycles. The van der Waals surface area contributed by atoms with Gasteiger partial charge in [-0.05, 0) is 42.7 Å². The number of carbonyl (C=O) groups is 2. The van der Waals surface area contributed by atoms with Crippen LogP contribution in [0.1, 0.15) is 18.4 Å². The van der Waals surface area contributed by atoms with E-state index in [2.05, 4.69) is 16.0 Å². The fourth-order valence-electron chi connectivity index (χ4n) is 2.86. The maximum atomic E-state index is 12.1. The summed E-state index contributed by atoms with van der Waals surface area (Å²) < 4.78 is 10.6. The first kappa shape index (κ1) is 18.7. The van der Waals surface area contributed by atoms with Gasteiger partial charge in [-0.3, -0.25) is 4.79 Å². The molecule has 0 aliphatic carbocycles. The number of hydrogen-bond acceptors (Lipinski definition) is 4. The highest BCUT2D eigenvalue weighted by molar-refractivity contribution is 5.94. The molecule has 0 spiro atoms. The lowest BCUT2D eigenvalue weighted by molar-refractivity contribution is -0.124. The first-order valence-corrected chi connectivity index (χ1v) is 8.85. The topological polar surface area (TPSA) is 88.7 Å². The van der Waals surface area contributed by atoms with Crippen molar-refractivity contribution in [3.63, 3.8) is 0 Å². The first-order chi connectivity index (χ1) is 13.2. The van der Waals surface area contributed by atoms with Gasteiger partial charge >= 0.3 is 6.03 Å². The predicted molar refractivity (Wildman–Crippen MR) is 103 cm³/mol. The fraction of sp³-hybridized carbons (Fsp3) is 0.300. The third kappa shape index (κ3) is 5.21. The van der Waals surface area contributed by atoms with E-state index in [4.69, 9.17) is 9.47 Å². The van der Waals surface area contributed by atoms with Crippen LogP contribution in [0.4, 0.5) is 16.2 Å². The number of ether oxygens (including phenoxy) is 2. The molecule has 27 heavy (non-hydrogen) atoms. The summed E-state index contributed by atoms with van der Waals surface area (Å²) >= 11 is 0. The van der Waals surface area contributed by atoms with E-state index in [9.17, 15) is 9.59 Å². The molecular weight excluding hydrogens is 346 g/mol. The predicted octanol–water partition coefficient (Wildman–Crippen LogP) is 3.13. The maximum Gasteiger partial charge on any atom is 0.319 e. The lowest BCUT2D eigenvalue weighted by atomic mass is 10.2. The second-order valence-electron chi connectivity index (χ2n) is 6.20. The summed E-state index contributed by atoms with van der Waals surface area (Å²) in [5.74, 6) is 0.456. The van der Waals surface area contributed by atoms with E-state index in [1.807, 2.05) is 36.4 Å². The Kier molecular flexibility index (Phi) is 6.27. The monoisotopic (exact) mass is 369 g/mol. The number of anilines is 2. The van der Waals surface area contributed by atoms with Crippen molar-refractivity contribution in [2.45, 2.75) is 25.5 Å². The second kappa shape index (κ2) is 9.05. The number of urea groups is 1. The summed E-state index contributed by atoms with van der Waals surface area (Å²) in [6.45, 7) is 0.952. The van der Waals surface area contributed by atoms with Crippen LogP contribution in [-0.4, -0.2) is 31.8 Å². The molecule has 0 unspecified atom stereocenters. The quantitative estimate of drug-likeness (QED) is 0.730. The van der Waals surface area contributed by atoms with Crippen molar-refractivity contribution >= 4 is 23.3 Å². The standard InChI is InChI=1S/C20H23N3O4/c1-26-17-9-3-2-8-16(17)23-20(25)21-13-14-6-4-7-15(12-14)22-19(24)18-10-5-11-27-18/h2-4,6-9,12,18H,5,10-11,13H2,1H3,(H,22,24)(H2,21,23,25)/t18-/m1/s1. The summed E-state index contributed by atoms with van der Waals surface area (Å²) in [6.07, 6.45) is 1.28. The van der Waals surface area contributed by atoms with Gasteiger partial charge in [-0.25, -0.2) is 4.79 Å². The van der Waals surface area contributed by atoms with Gasteiger partial charge in [0.15, 0.2) is 0 Å². The highest BCUT2D eigenvalue weighted by Gasteiger charge is 2.23. The van der Waals surface area contributed by atoms with Gasteiger partial charge in [-0.1, -0.05) is 24.3 Å². The van der Waals surface area contributed by atoms with Gasteiger partial charge < -0.3 is 25.4 Å². The maximum absolute atomic E-state index is 12.1. The second-order valence-corrected chi connectivity index (χ2v) is 6.20. The molecule has 142 valence electrons. The molecule has 0 bridgehead atoms. The van der Waals surface area contributed by atoms with Crippen molar-refractivity contribution in [2.24, 2.45) is 0 Å². The van der Waals surface area contributed by atoms with Gasteiger partial charge in [0.1, 0.15) is 11.9 Å². The molecule has 1 aliphatic heterocycles. The highest BCUT2D eigenvalue weighted by atomic mass is 16.5. The number of hydrogen-bond donors (Lipinski definition) is 3. The van der Waals surface area contributed by atoms with E-state index >= 15 is 0 Å². The molecule has 2 aromatic rings. The van der Waals surface area contributed by atoms with Crippen LogP contribution in [0.2, 0.25) is 0 Å². The fourth-order valence-corrected chi connectivity index (χ4v) is 2.86. The minimum Gasteiger partial charge on any atom is -0.495 e. The third-order valence-electron chi connectivity index (χ3n) is 4.22. The van der Waals surface area contributed by atoms with E-state index in [-0.39, 0.29) is 18.0 Å². The van der Waals surface area contributed by atoms with Crippen LogP contribution in [0.15, 0.2) is 48.5 Å². The number of para-hydroxylation sites is 2. The molecule has 7 nitrogen and oxygen atoms in total. The van der Waals surface area contributed by atoms with E-state index in [0.717, 1.165) is 18.4 Å². The average molecular weight is 369 g/mol. The normalized spacial score (nSPS) is 15.8. The Morgan fingerprint density at radius 3 is 2.78 bits per heavy atom. The molecule has 3 rings (SSSR count). The zero-order valence-corrected chi connectivity index (χ0v) is 15.2. The zero-order chi connectivity index (χ0) is 19.1. The summed E-state index contributed by atoms with van der Waals surface area (Å²) in [6, 6.07) is 14.2. The Morgan fingerprint density at radius 2 is 2.00 bits per heavy atom. The summed E-state index contributed by atoms with van der Waals surface area (Å²) in [5.41, 5.74) is 2.14. The Balaban J connectivity index is 1.53. The molecule has 7 heteroatoms. The lowest BCUT2D eigenvalue weighted by Crippen LogP contribution is -2.28. The SMILES string of the molecule is COc1ccccc1NC(=O)NCc1cccc(NC(=O)[C@H]2CCCO2)c1. The Bertz CT molecular complexity index is 803. The van der Waals surface area contributed by atoms with Crippen molar-refractivity contribution in [1.29, 1.82) is 0 Å². The number of amides is 3. The molecule has 0 radical (unpaired) electrons. The lowest BCUT2D eigenvalue weighted by Gasteiger charge is -2.13. The Hall–Kier alpha value is -3.06. The smallest absolute Gasteiger partial charge is 0.319 e. The van der Waals surface area contributed by atoms with Gasteiger partial charge in [-0.15, -0.1) is 0 Å². The van der Waals surface area contributed by atoms with Crippen molar-refractivity contribution in [2.75, 3.05) is 24.4 Å². The Morgan fingerprint density at radius 1 is 1.15 bits per heavy atom. The van der Waals surface area contributed by atoms with E-state index < -0.39 is 0 Å². The van der Waals surface area contributed by atoms with Gasteiger partial charge in [-0.2, -0.15) is 0 Å². The Labute approximate surface area is 158 Å². The van der Waals surface area contributed by atoms with Gasteiger partial charge in [0.05, 0.1) is 12.8 Å². The largest absolute Gasteiger partial charge is 0.495 e. The minimum absolute atomic E-state index is 0.133. The molecule has 0 aromatic heterocycles. The van der Waals surface area contributed by atoms with Crippen molar-refractivity contribution in [3.05, 3.63) is 54.1 Å². The zero-order valence-electron chi connectivity index (χ0n) is 15.2. The van der Waals surface area contributed by atoms with Crippen LogP contribution < -0.4 is 20.7 Å². The summed E-state index contributed by atoms with van der Waals surface area (Å²) in [7, 11) is 1.55. The molecule has 1 atom stereocenters. The van der Waals surface area contributed by atoms with Crippen LogP contribution in [0, 0.1) is 0 Å². The molecule has 1 heterocycles. The number of rotatable bonds is 6. The number of carbonyl (C=O) groups excluding carboxylic acids is 2. The summed E-state index contributed by atoms with van der Waals surface area (Å²) in [4.78, 5) is 24.3. The van der Waals surface area contributed by atoms with Crippen LogP contribution in [0.5, 0.6) is 5.75 Å². The van der Waals surface area contributed by atoms with Crippen LogP contribution in [0.3, 0.4) is 0 Å². The number of benzene rings is 2. The molecule has 1 fully saturated rings. The van der Waals surface area contributed by atoms with Gasteiger partial charge in [0, 0.05) is 18.8 Å². The highest BCUT2D eigenvalue weighted by Crippen LogP contribution is 2.22. The van der Waals surface area contributed by atoms with E-state index in [1.54, 1.807) is 19.2 Å². The third-order valence-corrected chi connectivity index (χ3v) is 4.22. The van der Waals surface area contributed by atoms with Crippen molar-refractivity contribution in [3.8, 4) is 5.75 Å². The van der Waals surface area contributed by atoms with Crippen molar-refractivity contribution in [1.82, 2.24) is 5.32 Å². The number of methoxy groups -OCH3 is 1. The summed E-state index contributed by atoms with van der Waals surface area (Å²) in [5, 5.41) is 8.40. The molecule has 3 amide bonds. The van der Waals surface area contributed by atoms with Crippen LogP contribution in [-0.2, 0) is 16.1 Å². The van der Waals surface area contributed by atoms with Crippen LogP contribution in [0.25, 0.3) is 0 Å². The average Bonchev–Trinajstić information content (AvgIpc) is 3.22. The van der Waals surface area contributed by atoms with Gasteiger partial charge in [0.25, 0.3) is 5.91 Å². The van der Waals surface area contributed by atoms with Crippen molar-refractivity contribution < 1.29 is 19.1 Å². The molecule has 0 saturated carbocycles. The van der Waals surface area contributed by atoms with Gasteiger partial charge in [0.2, 0.25) is 0 Å². The van der Waals surface area contributed by atoms with E-state index in [0.29, 0.717) is 30.3 Å². The first-order valence-electron chi connectivity index (χ1n) is 8.85. The minimum atomic E-state index is -0.376.